The Balaban J connectivity index is 3.30. The molecule has 1 nitrogen and oxygen atoms in total. The summed E-state index contributed by atoms with van der Waals surface area (Å²) in [4.78, 5) is 0. The summed E-state index contributed by atoms with van der Waals surface area (Å²) in [7, 11) is 0. The maximum atomic E-state index is 3.99. The van der Waals surface area contributed by atoms with Crippen LogP contribution in [0.15, 0.2) is 12.2 Å². The molecule has 66 valence electrons. The summed E-state index contributed by atoms with van der Waals surface area (Å²) in [6.07, 6.45) is 3.56. The molecule has 0 bridgehead atoms. The van der Waals surface area contributed by atoms with Gasteiger partial charge in [0, 0.05) is 12.6 Å². The van der Waals surface area contributed by atoms with Crippen LogP contribution >= 0.6 is 0 Å². The van der Waals surface area contributed by atoms with Gasteiger partial charge in [-0.25, -0.2) is 0 Å². The Kier molecular flexibility index (Phi) is 6.24. The van der Waals surface area contributed by atoms with Gasteiger partial charge in [-0.05, 0) is 19.8 Å². The van der Waals surface area contributed by atoms with E-state index in [1.165, 1.54) is 18.4 Å². The quantitative estimate of drug-likeness (QED) is 0.582. The lowest BCUT2D eigenvalue weighted by Gasteiger charge is -2.11. The van der Waals surface area contributed by atoms with E-state index in [0.717, 1.165) is 13.0 Å². The van der Waals surface area contributed by atoms with Crippen LogP contribution in [0.3, 0.4) is 0 Å². The van der Waals surface area contributed by atoms with Crippen LogP contribution in [-0.2, 0) is 0 Å². The minimum absolute atomic E-state index is 0.628. The molecule has 0 aromatic rings. The Bertz CT molecular complexity index is 107. The van der Waals surface area contributed by atoms with Gasteiger partial charge in [-0.2, -0.15) is 0 Å². The molecule has 0 aliphatic heterocycles. The smallest absolute Gasteiger partial charge is 0.0164 e. The average molecular weight is 155 g/mol. The summed E-state index contributed by atoms with van der Waals surface area (Å²) in [5.41, 5.74) is 1.33. The van der Waals surface area contributed by atoms with Crippen molar-refractivity contribution in [3.63, 3.8) is 0 Å². The van der Waals surface area contributed by atoms with E-state index in [2.05, 4.69) is 32.7 Å². The van der Waals surface area contributed by atoms with Crippen LogP contribution < -0.4 is 5.32 Å². The third-order valence-corrected chi connectivity index (χ3v) is 1.92. The van der Waals surface area contributed by atoms with Crippen LogP contribution in [0.4, 0.5) is 0 Å². The van der Waals surface area contributed by atoms with Crippen molar-refractivity contribution in [2.24, 2.45) is 0 Å². The van der Waals surface area contributed by atoms with Crippen LogP contribution in [0, 0.1) is 0 Å². The zero-order valence-corrected chi connectivity index (χ0v) is 8.11. The second kappa shape index (κ2) is 6.41. The van der Waals surface area contributed by atoms with Gasteiger partial charge in [0.2, 0.25) is 0 Å². The van der Waals surface area contributed by atoms with Gasteiger partial charge >= 0.3 is 0 Å². The first-order valence-electron chi connectivity index (χ1n) is 4.60. The van der Waals surface area contributed by atoms with Crippen molar-refractivity contribution in [2.75, 3.05) is 6.54 Å². The van der Waals surface area contributed by atoms with E-state index < -0.39 is 0 Å². The first-order chi connectivity index (χ1) is 5.20. The summed E-state index contributed by atoms with van der Waals surface area (Å²) < 4.78 is 0. The van der Waals surface area contributed by atoms with E-state index in [9.17, 15) is 0 Å². The highest BCUT2D eigenvalue weighted by molar-refractivity contribution is 4.96. The van der Waals surface area contributed by atoms with Gasteiger partial charge in [0.05, 0.1) is 0 Å². The molecule has 1 atom stereocenters. The van der Waals surface area contributed by atoms with Gasteiger partial charge in [-0.1, -0.05) is 32.4 Å². The van der Waals surface area contributed by atoms with Crippen molar-refractivity contribution >= 4 is 0 Å². The first kappa shape index (κ1) is 10.7. The normalized spacial score (nSPS) is 13.0. The lowest BCUT2D eigenvalue weighted by atomic mass is 10.1. The standard InChI is InChI=1S/C10H21N/c1-5-7-9(3)8-11-10(4)6-2/h10-11H,3,5-8H2,1-2,4H3/t10-/m1/s1. The summed E-state index contributed by atoms with van der Waals surface area (Å²) in [6.45, 7) is 11.6. The molecular formula is C10H21N. The lowest BCUT2D eigenvalue weighted by molar-refractivity contribution is 0.554. The highest BCUT2D eigenvalue weighted by Crippen LogP contribution is 2.00. The van der Waals surface area contributed by atoms with E-state index in [1.807, 2.05) is 0 Å². The maximum Gasteiger partial charge on any atom is 0.0164 e. The third-order valence-electron chi connectivity index (χ3n) is 1.92. The minimum atomic E-state index is 0.628. The monoisotopic (exact) mass is 155 g/mol. The van der Waals surface area contributed by atoms with Crippen LogP contribution in [-0.4, -0.2) is 12.6 Å². The fourth-order valence-electron chi connectivity index (χ4n) is 0.905. The van der Waals surface area contributed by atoms with Gasteiger partial charge in [0.1, 0.15) is 0 Å². The van der Waals surface area contributed by atoms with E-state index in [-0.39, 0.29) is 0 Å². The van der Waals surface area contributed by atoms with Gasteiger partial charge in [0.15, 0.2) is 0 Å². The van der Waals surface area contributed by atoms with E-state index in [0.29, 0.717) is 6.04 Å². The van der Waals surface area contributed by atoms with E-state index in [1.54, 1.807) is 0 Å². The zero-order chi connectivity index (χ0) is 8.69. The topological polar surface area (TPSA) is 12.0 Å². The second-order valence-corrected chi connectivity index (χ2v) is 3.19. The molecule has 0 aliphatic carbocycles. The molecule has 11 heavy (non-hydrogen) atoms. The molecule has 0 unspecified atom stereocenters. The molecule has 0 radical (unpaired) electrons. The van der Waals surface area contributed by atoms with Crippen molar-refractivity contribution in [3.8, 4) is 0 Å². The van der Waals surface area contributed by atoms with Crippen molar-refractivity contribution < 1.29 is 0 Å². The Morgan fingerprint density at radius 1 is 1.45 bits per heavy atom. The van der Waals surface area contributed by atoms with Crippen molar-refractivity contribution in [1.29, 1.82) is 0 Å². The van der Waals surface area contributed by atoms with Crippen LogP contribution in [0.5, 0.6) is 0 Å². The summed E-state index contributed by atoms with van der Waals surface area (Å²) in [6, 6.07) is 0.628. The summed E-state index contributed by atoms with van der Waals surface area (Å²) in [5, 5.41) is 3.42. The Morgan fingerprint density at radius 3 is 2.55 bits per heavy atom. The molecule has 0 rings (SSSR count). The maximum absolute atomic E-state index is 3.99. The highest BCUT2D eigenvalue weighted by Gasteiger charge is 1.97. The van der Waals surface area contributed by atoms with Gasteiger partial charge < -0.3 is 5.32 Å². The van der Waals surface area contributed by atoms with Crippen molar-refractivity contribution in [3.05, 3.63) is 12.2 Å². The number of rotatable bonds is 6. The van der Waals surface area contributed by atoms with Crippen LogP contribution in [0.1, 0.15) is 40.0 Å². The molecule has 0 saturated carbocycles. The second-order valence-electron chi connectivity index (χ2n) is 3.19. The van der Waals surface area contributed by atoms with E-state index >= 15 is 0 Å². The van der Waals surface area contributed by atoms with Gasteiger partial charge in [0.25, 0.3) is 0 Å². The predicted molar refractivity (Wildman–Crippen MR) is 51.8 cm³/mol. The molecule has 0 aromatic carbocycles. The first-order valence-corrected chi connectivity index (χ1v) is 4.60. The molecular weight excluding hydrogens is 134 g/mol. The molecule has 0 aromatic heterocycles. The molecule has 0 heterocycles. The summed E-state index contributed by atoms with van der Waals surface area (Å²) >= 11 is 0. The predicted octanol–water partition coefficient (Wildman–Crippen LogP) is 2.73. The minimum Gasteiger partial charge on any atom is -0.311 e. The molecule has 0 spiro atoms. The SMILES string of the molecule is C=C(CCC)CN[C@H](C)CC. The Morgan fingerprint density at radius 2 is 2.09 bits per heavy atom. The van der Waals surface area contributed by atoms with Crippen molar-refractivity contribution in [2.45, 2.75) is 46.1 Å². The zero-order valence-electron chi connectivity index (χ0n) is 8.11. The molecule has 1 heteroatoms. The Labute approximate surface area is 70.9 Å². The molecule has 0 fully saturated rings. The van der Waals surface area contributed by atoms with Gasteiger partial charge in [-0.15, -0.1) is 0 Å². The van der Waals surface area contributed by atoms with Crippen LogP contribution in [0.25, 0.3) is 0 Å². The number of hydrogen-bond acceptors (Lipinski definition) is 1. The lowest BCUT2D eigenvalue weighted by Crippen LogP contribution is -2.26. The number of nitrogens with one attached hydrogen (secondary N) is 1. The molecule has 1 N–H and O–H groups in total. The summed E-state index contributed by atoms with van der Waals surface area (Å²) in [5.74, 6) is 0. The average Bonchev–Trinajstić information content (AvgIpc) is 2.01. The van der Waals surface area contributed by atoms with Gasteiger partial charge in [-0.3, -0.25) is 0 Å². The number of hydrogen-bond donors (Lipinski definition) is 1. The fourth-order valence-corrected chi connectivity index (χ4v) is 0.905. The van der Waals surface area contributed by atoms with E-state index in [4.69, 9.17) is 0 Å². The fraction of sp³-hybridized carbons (Fsp3) is 0.800. The van der Waals surface area contributed by atoms with Crippen molar-refractivity contribution in [1.82, 2.24) is 5.32 Å². The molecule has 0 amide bonds. The third kappa shape index (κ3) is 6.11. The Hall–Kier alpha value is -0.300. The molecule has 0 saturated heterocycles. The molecule has 0 aliphatic rings. The largest absolute Gasteiger partial charge is 0.311 e. The van der Waals surface area contributed by atoms with Crippen LogP contribution in [0.2, 0.25) is 0 Å². The highest BCUT2D eigenvalue weighted by atomic mass is 14.9.